The highest BCUT2D eigenvalue weighted by atomic mass is 15.3. The van der Waals surface area contributed by atoms with Crippen LogP contribution in [0.3, 0.4) is 0 Å². The molecule has 2 N–H and O–H groups in total. The lowest BCUT2D eigenvalue weighted by Crippen LogP contribution is -2.13. The number of rotatable bonds is 1. The number of nitrogen functional groups attached to an aromatic ring is 1. The maximum Gasteiger partial charge on any atom is 0.159 e. The number of nitrogens with two attached hydrogens (primary N) is 1. The zero-order valence-corrected chi connectivity index (χ0v) is 10.6. The van der Waals surface area contributed by atoms with E-state index in [1.807, 2.05) is 19.1 Å². The van der Waals surface area contributed by atoms with Crippen LogP contribution in [0.4, 0.5) is 5.82 Å². The fourth-order valence-electron chi connectivity index (χ4n) is 1.50. The summed E-state index contributed by atoms with van der Waals surface area (Å²) in [5.74, 6) is 1.29. The van der Waals surface area contributed by atoms with Crippen LogP contribution in [-0.4, -0.2) is 19.7 Å². The molecule has 0 aliphatic rings. The average Bonchev–Trinajstić information content (AvgIpc) is 2.60. The Balaban J connectivity index is 2.50. The van der Waals surface area contributed by atoms with Crippen LogP contribution in [-0.2, 0) is 5.41 Å². The molecule has 0 amide bonds. The van der Waals surface area contributed by atoms with Gasteiger partial charge in [0.1, 0.15) is 12.1 Å². The molecule has 2 aromatic rings. The van der Waals surface area contributed by atoms with Gasteiger partial charge in [0, 0.05) is 23.2 Å². The Morgan fingerprint density at radius 3 is 2.41 bits per heavy atom. The molecule has 0 unspecified atom stereocenters. The van der Waals surface area contributed by atoms with Crippen LogP contribution in [0.2, 0.25) is 0 Å². The van der Waals surface area contributed by atoms with E-state index in [0.29, 0.717) is 11.6 Å². The Morgan fingerprint density at radius 1 is 1.18 bits per heavy atom. The van der Waals surface area contributed by atoms with E-state index in [9.17, 15) is 0 Å². The van der Waals surface area contributed by atoms with Crippen molar-refractivity contribution in [1.82, 2.24) is 19.7 Å². The van der Waals surface area contributed by atoms with Gasteiger partial charge < -0.3 is 5.73 Å². The number of hydrogen-bond donors (Lipinski definition) is 1. The van der Waals surface area contributed by atoms with Crippen molar-refractivity contribution in [2.24, 2.45) is 0 Å². The smallest absolute Gasteiger partial charge is 0.159 e. The molecule has 2 rings (SSSR count). The summed E-state index contributed by atoms with van der Waals surface area (Å²) >= 11 is 0. The molecule has 0 saturated heterocycles. The first-order valence-corrected chi connectivity index (χ1v) is 5.53. The number of hydrogen-bond acceptors (Lipinski definition) is 4. The highest BCUT2D eigenvalue weighted by Crippen LogP contribution is 2.24. The quantitative estimate of drug-likeness (QED) is 0.813. The van der Waals surface area contributed by atoms with Gasteiger partial charge in [0.15, 0.2) is 5.82 Å². The summed E-state index contributed by atoms with van der Waals surface area (Å²) in [6, 6.07) is 3.74. The van der Waals surface area contributed by atoms with Crippen molar-refractivity contribution in [2.75, 3.05) is 5.73 Å². The Morgan fingerprint density at radius 2 is 1.88 bits per heavy atom. The molecule has 5 heteroatoms. The van der Waals surface area contributed by atoms with E-state index in [2.05, 4.69) is 35.8 Å². The second-order valence-corrected chi connectivity index (χ2v) is 5.13. The van der Waals surface area contributed by atoms with Crippen LogP contribution in [0.5, 0.6) is 0 Å². The Labute approximate surface area is 101 Å². The zero-order valence-electron chi connectivity index (χ0n) is 10.6. The molecular formula is C12H17N5. The summed E-state index contributed by atoms with van der Waals surface area (Å²) in [7, 11) is 0. The largest absolute Gasteiger partial charge is 0.384 e. The standard InChI is InChI=1S/C12H17N5/c1-8-5-11(15-7-14-8)17-10(13)6-9(16-17)12(2,3)4/h5-7H,13H2,1-4H3. The minimum Gasteiger partial charge on any atom is -0.384 e. The summed E-state index contributed by atoms with van der Waals surface area (Å²) in [6.07, 6.45) is 1.52. The van der Waals surface area contributed by atoms with Crippen LogP contribution in [0.1, 0.15) is 32.2 Å². The van der Waals surface area contributed by atoms with E-state index in [-0.39, 0.29) is 5.41 Å². The van der Waals surface area contributed by atoms with Crippen molar-refractivity contribution < 1.29 is 0 Å². The molecule has 2 aromatic heterocycles. The molecule has 0 aliphatic heterocycles. The van der Waals surface area contributed by atoms with Crippen molar-refractivity contribution in [3.63, 3.8) is 0 Å². The number of aromatic nitrogens is 4. The van der Waals surface area contributed by atoms with Gasteiger partial charge in [0.25, 0.3) is 0 Å². The molecule has 0 radical (unpaired) electrons. The third-order valence-electron chi connectivity index (χ3n) is 2.51. The Kier molecular flexibility index (Phi) is 2.61. The summed E-state index contributed by atoms with van der Waals surface area (Å²) in [6.45, 7) is 8.22. The van der Waals surface area contributed by atoms with Crippen molar-refractivity contribution in [1.29, 1.82) is 0 Å². The van der Waals surface area contributed by atoms with Gasteiger partial charge in [0.2, 0.25) is 0 Å². The molecule has 0 atom stereocenters. The van der Waals surface area contributed by atoms with Gasteiger partial charge in [-0.3, -0.25) is 0 Å². The van der Waals surface area contributed by atoms with Gasteiger partial charge in [-0.2, -0.15) is 9.78 Å². The SMILES string of the molecule is Cc1cc(-n2nc(C(C)(C)C)cc2N)ncn1. The maximum absolute atomic E-state index is 5.96. The minimum absolute atomic E-state index is 0.0263. The van der Waals surface area contributed by atoms with Crippen molar-refractivity contribution in [3.8, 4) is 5.82 Å². The fraction of sp³-hybridized carbons (Fsp3) is 0.417. The molecule has 0 bridgehead atoms. The molecule has 0 aromatic carbocycles. The number of aryl methyl sites for hydroxylation is 1. The van der Waals surface area contributed by atoms with Crippen LogP contribution in [0.15, 0.2) is 18.5 Å². The first kappa shape index (κ1) is 11.6. The Hall–Kier alpha value is -1.91. The summed E-state index contributed by atoms with van der Waals surface area (Å²) in [4.78, 5) is 8.23. The van der Waals surface area contributed by atoms with E-state index >= 15 is 0 Å². The van der Waals surface area contributed by atoms with Gasteiger partial charge in [-0.1, -0.05) is 20.8 Å². The van der Waals surface area contributed by atoms with Crippen LogP contribution >= 0.6 is 0 Å². The average molecular weight is 231 g/mol. The van der Waals surface area contributed by atoms with Crippen LogP contribution < -0.4 is 5.73 Å². The first-order valence-electron chi connectivity index (χ1n) is 5.53. The number of nitrogens with zero attached hydrogens (tertiary/aromatic N) is 4. The lowest BCUT2D eigenvalue weighted by atomic mass is 9.92. The third-order valence-corrected chi connectivity index (χ3v) is 2.51. The molecule has 2 heterocycles. The predicted molar refractivity (Wildman–Crippen MR) is 67.0 cm³/mol. The molecule has 0 spiro atoms. The predicted octanol–water partition coefficient (Wildman–Crippen LogP) is 1.85. The molecule has 0 fully saturated rings. The highest BCUT2D eigenvalue weighted by Gasteiger charge is 2.19. The third kappa shape index (κ3) is 2.27. The molecule has 0 aliphatic carbocycles. The van der Waals surface area contributed by atoms with Crippen LogP contribution in [0, 0.1) is 6.92 Å². The van der Waals surface area contributed by atoms with Crippen molar-refractivity contribution in [2.45, 2.75) is 33.1 Å². The normalized spacial score (nSPS) is 11.8. The lowest BCUT2D eigenvalue weighted by Gasteiger charge is -2.13. The molecule has 0 saturated carbocycles. The Bertz CT molecular complexity index is 536. The summed E-state index contributed by atoms with van der Waals surface area (Å²) in [5, 5.41) is 4.49. The zero-order chi connectivity index (χ0) is 12.6. The van der Waals surface area contributed by atoms with Crippen molar-refractivity contribution in [3.05, 3.63) is 29.8 Å². The van der Waals surface area contributed by atoms with E-state index in [0.717, 1.165) is 11.4 Å². The maximum atomic E-state index is 5.96. The van der Waals surface area contributed by atoms with Crippen molar-refractivity contribution >= 4 is 5.82 Å². The molecular weight excluding hydrogens is 214 g/mol. The lowest BCUT2D eigenvalue weighted by molar-refractivity contribution is 0.559. The fourth-order valence-corrected chi connectivity index (χ4v) is 1.50. The van der Waals surface area contributed by atoms with E-state index < -0.39 is 0 Å². The molecule has 17 heavy (non-hydrogen) atoms. The van der Waals surface area contributed by atoms with E-state index in [1.165, 1.54) is 6.33 Å². The summed E-state index contributed by atoms with van der Waals surface area (Å²) < 4.78 is 1.65. The van der Waals surface area contributed by atoms with Gasteiger partial charge >= 0.3 is 0 Å². The monoisotopic (exact) mass is 231 g/mol. The second-order valence-electron chi connectivity index (χ2n) is 5.13. The van der Waals surface area contributed by atoms with Gasteiger partial charge in [0.05, 0.1) is 5.69 Å². The summed E-state index contributed by atoms with van der Waals surface area (Å²) in [5.41, 5.74) is 7.78. The van der Waals surface area contributed by atoms with Gasteiger partial charge in [-0.25, -0.2) is 9.97 Å². The topological polar surface area (TPSA) is 69.6 Å². The molecule has 5 nitrogen and oxygen atoms in total. The number of anilines is 1. The van der Waals surface area contributed by atoms with Crippen LogP contribution in [0.25, 0.3) is 5.82 Å². The van der Waals surface area contributed by atoms with Gasteiger partial charge in [-0.15, -0.1) is 0 Å². The first-order chi connectivity index (χ1) is 7.88. The molecule has 90 valence electrons. The highest BCUT2D eigenvalue weighted by molar-refractivity contribution is 5.40. The second kappa shape index (κ2) is 3.84. The van der Waals surface area contributed by atoms with E-state index in [1.54, 1.807) is 4.68 Å². The minimum atomic E-state index is -0.0263. The van der Waals surface area contributed by atoms with E-state index in [4.69, 9.17) is 5.73 Å². The van der Waals surface area contributed by atoms with Gasteiger partial charge in [-0.05, 0) is 6.92 Å².